The summed E-state index contributed by atoms with van der Waals surface area (Å²) in [5, 5.41) is 25.1. The summed E-state index contributed by atoms with van der Waals surface area (Å²) in [5.74, 6) is 0. The van der Waals surface area contributed by atoms with Gasteiger partial charge in [0.1, 0.15) is 0 Å². The van der Waals surface area contributed by atoms with E-state index >= 15 is 0 Å². The van der Waals surface area contributed by atoms with E-state index in [2.05, 4.69) is 513 Å². The number of nitrogens with zero attached hydrogens (tertiary/aromatic N) is 6. The van der Waals surface area contributed by atoms with Gasteiger partial charge in [-0.15, -0.1) is 0 Å². The molecule has 28 rings (SSSR count). The highest BCUT2D eigenvalue weighted by Crippen LogP contribution is 2.48. The molecule has 0 aliphatic carbocycles. The molecule has 0 N–H and O–H groups in total. The highest BCUT2D eigenvalue weighted by Gasteiger charge is 2.26. The van der Waals surface area contributed by atoms with Crippen LogP contribution in [0.1, 0.15) is 0 Å². The van der Waals surface area contributed by atoms with Crippen molar-refractivity contribution in [3.8, 4) is 67.5 Å². The predicted octanol–water partition coefficient (Wildman–Crippen LogP) is 33.3. The largest absolute Gasteiger partial charge is 0.309 e. The maximum Gasteiger partial charge on any atom is 0.0619 e. The van der Waals surface area contributed by atoms with Crippen molar-refractivity contribution in [2.45, 2.75) is 0 Å². The molecule has 0 amide bonds. The van der Waals surface area contributed by atoms with Crippen LogP contribution in [-0.4, -0.2) is 27.4 Å². The second-order valence-corrected chi connectivity index (χ2v) is 34.1. The average Bonchev–Trinajstić information content (AvgIpc) is 1.57. The van der Waals surface area contributed by atoms with Gasteiger partial charge in [-0.2, -0.15) is 0 Å². The Morgan fingerprint density at radius 1 is 0.115 bits per heavy atom. The van der Waals surface area contributed by atoms with Gasteiger partial charge < -0.3 is 27.4 Å². The summed E-state index contributed by atoms with van der Waals surface area (Å²) in [7, 11) is 0. The quantitative estimate of drug-likeness (QED) is 0.138. The normalized spacial score (nSPS) is 11.8. The molecule has 0 saturated heterocycles. The zero-order valence-electron chi connectivity index (χ0n) is 70.9. The van der Waals surface area contributed by atoms with Crippen molar-refractivity contribution in [2.75, 3.05) is 0 Å². The number of benzene rings is 22. The van der Waals surface area contributed by atoms with Crippen molar-refractivity contribution < 1.29 is 0 Å². The van der Waals surface area contributed by atoms with Gasteiger partial charge in [0, 0.05) is 114 Å². The third kappa shape index (κ3) is 11.7. The summed E-state index contributed by atoms with van der Waals surface area (Å²) in [6.45, 7) is 0. The lowest BCUT2D eigenvalue weighted by atomic mass is 9.99. The Labute approximate surface area is 748 Å². The molecule has 0 aliphatic heterocycles. The molecule has 0 unspecified atom stereocenters. The number of aromatic nitrogens is 6. The van der Waals surface area contributed by atoms with Crippen LogP contribution in [0.3, 0.4) is 0 Å². The first-order valence-corrected chi connectivity index (χ1v) is 44.8. The standard InChI is InChI=1S/C44H28N2.2C40H26N2/c1-3-16-32-29(12-1)14-9-24-39(32)45-41-22-7-6-19-36(41)38-28-31(26-27-43(38)45)34-20-11-21-37-35-18-5-8-23-42(35)46(44(34)37)40-25-10-15-30-13-2-4-17-33(30)40;1-2-14-29(15-3-1)41-37-21-8-7-18-33(37)35-26-28(24-25-39(35)41)31-19-11-20-34-32-17-6-9-22-38(32)42(40(31)34)36-23-10-13-27-12-4-5-16-30(27)36;1-2-14-29(15-3-1)41-37-21-8-6-17-32(37)34-20-11-19-31(40(34)41)28-24-25-39-35(26-28)33-18-7-9-22-38(33)42(39)36-23-10-13-27-12-4-5-16-30(27)36/h1-28H;2*1-26H. The van der Waals surface area contributed by atoms with Crippen molar-refractivity contribution in [1.29, 1.82) is 0 Å². The Morgan fingerprint density at radius 3 is 0.654 bits per heavy atom. The molecular weight excluding hydrogens is 1570 g/mol. The summed E-state index contributed by atoms with van der Waals surface area (Å²) in [6.07, 6.45) is 0. The highest BCUT2D eigenvalue weighted by atomic mass is 15.0. The Balaban J connectivity index is 0.000000103. The number of hydrogen-bond donors (Lipinski definition) is 0. The maximum absolute atomic E-state index is 2.48. The SMILES string of the molecule is c1ccc(-n2c3ccccc3c3cc(-c4cccc5c6ccccc6n(-c6cccc7ccccc67)c45)ccc32)cc1.c1ccc(-n2c3ccccc3c3cccc(-c4ccc5c(c4)c4ccccc4n5-c4cccc5ccccc45)c32)cc1.c1ccc2c(-n3c4ccccc4c4cc(-c5cccc6c7ccccc7n(-c7cccc8ccccc78)c56)ccc43)cccc2c1. The predicted molar refractivity (Wildman–Crippen MR) is 552 cm³/mol. The van der Waals surface area contributed by atoms with Crippen LogP contribution in [0, 0.1) is 0 Å². The molecule has 0 atom stereocenters. The van der Waals surface area contributed by atoms with E-state index in [-0.39, 0.29) is 0 Å². The van der Waals surface area contributed by atoms with Gasteiger partial charge in [0.2, 0.25) is 0 Å². The van der Waals surface area contributed by atoms with Crippen LogP contribution >= 0.6 is 0 Å². The van der Waals surface area contributed by atoms with E-state index in [0.717, 1.165) is 0 Å². The molecule has 130 heavy (non-hydrogen) atoms. The molecule has 6 nitrogen and oxygen atoms in total. The van der Waals surface area contributed by atoms with E-state index in [1.165, 1.54) is 241 Å². The molecule has 6 heterocycles. The van der Waals surface area contributed by atoms with Crippen molar-refractivity contribution in [2.24, 2.45) is 0 Å². The lowest BCUT2D eigenvalue weighted by Crippen LogP contribution is -1.97. The van der Waals surface area contributed by atoms with E-state index in [0.29, 0.717) is 0 Å². The molecule has 6 heteroatoms. The summed E-state index contributed by atoms with van der Waals surface area (Å²) in [5.41, 5.74) is 29.2. The Kier molecular flexibility index (Phi) is 17.2. The number of hydrogen-bond acceptors (Lipinski definition) is 0. The fraction of sp³-hybridized carbons (Fsp3) is 0. The molecular formula is C124H80N6. The van der Waals surface area contributed by atoms with Crippen LogP contribution in [-0.2, 0) is 0 Å². The number of fused-ring (bicyclic) bond motifs is 22. The van der Waals surface area contributed by atoms with Gasteiger partial charge in [-0.25, -0.2) is 0 Å². The van der Waals surface area contributed by atoms with Crippen LogP contribution in [0.4, 0.5) is 0 Å². The smallest absolute Gasteiger partial charge is 0.0619 e. The monoisotopic (exact) mass is 1650 g/mol. The minimum absolute atomic E-state index is 1.17. The third-order valence-corrected chi connectivity index (χ3v) is 27.1. The van der Waals surface area contributed by atoms with E-state index in [1.54, 1.807) is 0 Å². The highest BCUT2D eigenvalue weighted by molar-refractivity contribution is 6.21. The van der Waals surface area contributed by atoms with Crippen molar-refractivity contribution in [3.63, 3.8) is 0 Å². The molecule has 6 aromatic heterocycles. The maximum atomic E-state index is 2.48. The van der Waals surface area contributed by atoms with E-state index in [4.69, 9.17) is 0 Å². The van der Waals surface area contributed by atoms with E-state index in [9.17, 15) is 0 Å². The second-order valence-electron chi connectivity index (χ2n) is 34.1. The summed E-state index contributed by atoms with van der Waals surface area (Å²) >= 11 is 0. The molecule has 0 aliphatic rings. The van der Waals surface area contributed by atoms with Crippen LogP contribution in [0.15, 0.2) is 485 Å². The van der Waals surface area contributed by atoms with Gasteiger partial charge in [0.05, 0.1) is 88.9 Å². The zero-order chi connectivity index (χ0) is 85.4. The molecule has 0 fully saturated rings. The van der Waals surface area contributed by atoms with Gasteiger partial charge in [0.15, 0.2) is 0 Å². The Morgan fingerprint density at radius 2 is 0.323 bits per heavy atom. The first kappa shape index (κ1) is 74.1. The Hall–Kier alpha value is -17.3. The Bertz CT molecular complexity index is 9430. The molecule has 0 saturated carbocycles. The van der Waals surface area contributed by atoms with Crippen LogP contribution in [0.5, 0.6) is 0 Å². The van der Waals surface area contributed by atoms with Gasteiger partial charge in [-0.3, -0.25) is 0 Å². The van der Waals surface area contributed by atoms with Gasteiger partial charge >= 0.3 is 0 Å². The fourth-order valence-electron chi connectivity index (χ4n) is 21.5. The van der Waals surface area contributed by atoms with Crippen LogP contribution in [0.25, 0.3) is 241 Å². The fourth-order valence-corrected chi connectivity index (χ4v) is 21.5. The molecule has 0 radical (unpaired) electrons. The lowest BCUT2D eigenvalue weighted by molar-refractivity contribution is 1.18. The van der Waals surface area contributed by atoms with Crippen molar-refractivity contribution in [3.05, 3.63) is 485 Å². The number of para-hydroxylation sites is 11. The second kappa shape index (κ2) is 30.2. The third-order valence-electron chi connectivity index (χ3n) is 27.1. The van der Waals surface area contributed by atoms with Crippen LogP contribution < -0.4 is 0 Å². The first-order chi connectivity index (χ1) is 64.6. The molecule has 0 bridgehead atoms. The molecule has 22 aromatic carbocycles. The first-order valence-electron chi connectivity index (χ1n) is 44.8. The summed E-state index contributed by atoms with van der Waals surface area (Å²) in [6, 6.07) is 176. The molecule has 0 spiro atoms. The lowest BCUT2D eigenvalue weighted by Gasteiger charge is -2.14. The molecule has 28 aromatic rings. The van der Waals surface area contributed by atoms with Gasteiger partial charge in [-0.1, -0.05) is 364 Å². The minimum Gasteiger partial charge on any atom is -0.309 e. The van der Waals surface area contributed by atoms with E-state index < -0.39 is 0 Å². The summed E-state index contributed by atoms with van der Waals surface area (Å²) < 4.78 is 14.6. The van der Waals surface area contributed by atoms with Crippen molar-refractivity contribution in [1.82, 2.24) is 27.4 Å². The summed E-state index contributed by atoms with van der Waals surface area (Å²) in [4.78, 5) is 0. The topological polar surface area (TPSA) is 29.6 Å². The van der Waals surface area contributed by atoms with E-state index in [1.807, 2.05) is 0 Å². The minimum atomic E-state index is 1.17. The van der Waals surface area contributed by atoms with Crippen molar-refractivity contribution >= 4 is 174 Å². The average molecular weight is 1650 g/mol. The van der Waals surface area contributed by atoms with Crippen LogP contribution in [0.2, 0.25) is 0 Å². The number of rotatable bonds is 9. The molecule has 606 valence electrons. The van der Waals surface area contributed by atoms with Gasteiger partial charge in [0.25, 0.3) is 0 Å². The van der Waals surface area contributed by atoms with Gasteiger partial charge in [-0.05, 0) is 160 Å². The zero-order valence-corrected chi connectivity index (χ0v) is 70.9.